The molecule has 8 heterocycles. The topological polar surface area (TPSA) is 71.3 Å². The zero-order chi connectivity index (χ0) is 61.5. The van der Waals surface area contributed by atoms with Crippen molar-refractivity contribution in [2.24, 2.45) is 0 Å². The molecule has 0 N–H and O–H groups in total. The minimum absolute atomic E-state index is 1.02. The number of aryl methyl sites for hydroxylation is 2. The van der Waals surface area contributed by atoms with Gasteiger partial charge in [0.15, 0.2) is 0 Å². The second-order valence-electron chi connectivity index (χ2n) is 23.2. The van der Waals surface area contributed by atoms with Gasteiger partial charge < -0.3 is 18.3 Å². The Labute approximate surface area is 531 Å². The van der Waals surface area contributed by atoms with Crippen molar-refractivity contribution in [2.45, 2.75) is 13.8 Å². The van der Waals surface area contributed by atoms with E-state index in [-0.39, 0.29) is 0 Å². The van der Waals surface area contributed by atoms with E-state index < -0.39 is 0 Å². The van der Waals surface area contributed by atoms with E-state index >= 15 is 0 Å². The summed E-state index contributed by atoms with van der Waals surface area (Å²) in [5.74, 6) is 0. The van der Waals surface area contributed by atoms with Gasteiger partial charge in [0.05, 0.1) is 67.6 Å². The van der Waals surface area contributed by atoms with Crippen LogP contribution < -0.4 is 0 Å². The quantitative estimate of drug-likeness (QED) is 0.172. The van der Waals surface area contributed by atoms with Crippen molar-refractivity contribution in [3.63, 3.8) is 0 Å². The third kappa shape index (κ3) is 9.84. The molecule has 0 aliphatic rings. The van der Waals surface area contributed by atoms with Crippen LogP contribution in [-0.4, -0.2) is 38.2 Å². The Kier molecular flexibility index (Phi) is 14.2. The molecule has 8 nitrogen and oxygen atoms in total. The molecule has 19 aromatic rings. The Morgan fingerprint density at radius 2 is 0.565 bits per heavy atom. The average molecular weight is 1180 g/mol. The van der Waals surface area contributed by atoms with E-state index in [0.717, 1.165) is 27.8 Å². The molecule has 11 aromatic carbocycles. The molecular weight excluding hydrogens is 1120 g/mol. The van der Waals surface area contributed by atoms with Gasteiger partial charge in [-0.15, -0.1) is 0 Å². The lowest BCUT2D eigenvalue weighted by Crippen LogP contribution is -1.95. The molecular formula is C84H60N8. The minimum Gasteiger partial charge on any atom is -0.309 e. The van der Waals surface area contributed by atoms with E-state index in [4.69, 9.17) is 4.98 Å². The molecule has 19 rings (SSSR count). The molecule has 0 amide bonds. The number of pyridine rings is 4. The maximum Gasteiger partial charge on any atom is 0.0724 e. The number of aromatic nitrogens is 8. The molecule has 0 fully saturated rings. The molecule has 0 spiro atoms. The van der Waals surface area contributed by atoms with Gasteiger partial charge in [0.1, 0.15) is 0 Å². The zero-order valence-corrected chi connectivity index (χ0v) is 50.8. The second kappa shape index (κ2) is 23.7. The molecule has 8 aromatic heterocycles. The van der Waals surface area contributed by atoms with Crippen LogP contribution in [0.15, 0.2) is 328 Å². The molecule has 0 saturated heterocycles. The summed E-state index contributed by atoms with van der Waals surface area (Å²) in [6.45, 7) is 4.28. The average Bonchev–Trinajstić information content (AvgIpc) is 1.61. The molecule has 0 radical (unpaired) electrons. The van der Waals surface area contributed by atoms with Gasteiger partial charge in [-0.3, -0.25) is 19.9 Å². The third-order valence-corrected chi connectivity index (χ3v) is 17.5. The summed E-state index contributed by atoms with van der Waals surface area (Å²) in [5.41, 5.74) is 21.3. The Bertz CT molecular complexity index is 5630. The summed E-state index contributed by atoms with van der Waals surface area (Å²) in [4.78, 5) is 18.0. The van der Waals surface area contributed by atoms with Gasteiger partial charge in [-0.25, -0.2) is 0 Å². The number of nitrogens with zero attached hydrogens (tertiary/aromatic N) is 8. The normalized spacial score (nSPS) is 11.4. The van der Waals surface area contributed by atoms with Gasteiger partial charge in [0.25, 0.3) is 0 Å². The fraction of sp³-hybridized carbons (Fsp3) is 0.0238. The number of hydrogen-bond acceptors (Lipinski definition) is 4. The van der Waals surface area contributed by atoms with E-state index in [1.54, 1.807) is 0 Å². The van der Waals surface area contributed by atoms with Gasteiger partial charge in [-0.2, -0.15) is 0 Å². The van der Waals surface area contributed by atoms with Crippen LogP contribution in [0.5, 0.6) is 0 Å². The first-order valence-electron chi connectivity index (χ1n) is 31.1. The van der Waals surface area contributed by atoms with Crippen molar-refractivity contribution in [3.05, 3.63) is 339 Å². The zero-order valence-electron chi connectivity index (χ0n) is 50.8. The molecule has 8 heteroatoms. The summed E-state index contributed by atoms with van der Waals surface area (Å²) in [5, 5.41) is 12.3. The lowest BCUT2D eigenvalue weighted by Gasteiger charge is -2.11. The highest BCUT2D eigenvalue weighted by molar-refractivity contribution is 6.19. The fourth-order valence-electron chi connectivity index (χ4n) is 13.4. The van der Waals surface area contributed by atoms with Crippen LogP contribution in [0.25, 0.3) is 143 Å². The highest BCUT2D eigenvalue weighted by Gasteiger charge is 2.19. The predicted molar refractivity (Wildman–Crippen MR) is 384 cm³/mol. The van der Waals surface area contributed by atoms with Crippen LogP contribution >= 0.6 is 0 Å². The molecule has 0 aliphatic carbocycles. The van der Waals surface area contributed by atoms with Crippen LogP contribution in [0.3, 0.4) is 0 Å². The first-order chi connectivity index (χ1) is 45.5. The largest absolute Gasteiger partial charge is 0.309 e. The van der Waals surface area contributed by atoms with E-state index in [0.29, 0.717) is 0 Å². The molecule has 0 saturated carbocycles. The lowest BCUT2D eigenvalue weighted by atomic mass is 10.1. The summed E-state index contributed by atoms with van der Waals surface area (Å²) in [6.07, 6.45) is 11.6. The Balaban J connectivity index is 0.0000000994. The Morgan fingerprint density at radius 1 is 0.228 bits per heavy atom. The van der Waals surface area contributed by atoms with Crippen LogP contribution in [0.2, 0.25) is 0 Å². The smallest absolute Gasteiger partial charge is 0.0724 e. The van der Waals surface area contributed by atoms with Crippen LogP contribution in [0.1, 0.15) is 11.1 Å². The van der Waals surface area contributed by atoms with Crippen molar-refractivity contribution >= 4 is 109 Å². The number of hydrogen-bond donors (Lipinski definition) is 0. The third-order valence-electron chi connectivity index (χ3n) is 17.5. The molecule has 0 bridgehead atoms. The molecule has 436 valence electrons. The van der Waals surface area contributed by atoms with Gasteiger partial charge in [0.2, 0.25) is 0 Å². The van der Waals surface area contributed by atoms with Gasteiger partial charge in [0, 0.05) is 101 Å². The maximum atomic E-state index is 4.74. The molecule has 0 aliphatic heterocycles. The van der Waals surface area contributed by atoms with Crippen molar-refractivity contribution < 1.29 is 0 Å². The highest BCUT2D eigenvalue weighted by atomic mass is 15.0. The SMILES string of the molecule is Cc1ccc2c(c1)c1cnc3ccccc3c1n2-c1ccc(-c2ccccc2)cc1.Cc1ccc2c(c1)c1cnc3ccccc3c1n2-c1ccccc1.c1ccc(-n2c3ccccc3c3ccncc32)cc1.c1ccc(-n2c3ccccc3c3ccncc32)cc1. The fourth-order valence-corrected chi connectivity index (χ4v) is 13.4. The molecule has 0 unspecified atom stereocenters. The second-order valence-corrected chi connectivity index (χ2v) is 23.2. The molecule has 0 atom stereocenters. The van der Waals surface area contributed by atoms with E-state index in [1.165, 1.54) is 126 Å². The van der Waals surface area contributed by atoms with Crippen molar-refractivity contribution in [2.75, 3.05) is 0 Å². The van der Waals surface area contributed by atoms with Gasteiger partial charge in [-0.1, -0.05) is 193 Å². The van der Waals surface area contributed by atoms with Gasteiger partial charge in [-0.05, 0) is 134 Å². The first kappa shape index (κ1) is 55.1. The molecule has 92 heavy (non-hydrogen) atoms. The number of para-hydroxylation sites is 7. The highest BCUT2D eigenvalue weighted by Crippen LogP contribution is 2.39. The minimum atomic E-state index is 1.02. The monoisotopic (exact) mass is 1180 g/mol. The van der Waals surface area contributed by atoms with E-state index in [9.17, 15) is 0 Å². The van der Waals surface area contributed by atoms with Crippen LogP contribution in [0.4, 0.5) is 0 Å². The van der Waals surface area contributed by atoms with E-state index in [1.807, 2.05) is 61.4 Å². The van der Waals surface area contributed by atoms with Crippen molar-refractivity contribution in [1.82, 2.24) is 38.2 Å². The van der Waals surface area contributed by atoms with Crippen molar-refractivity contribution in [1.29, 1.82) is 0 Å². The number of rotatable bonds is 5. The Hall–Kier alpha value is -12.3. The van der Waals surface area contributed by atoms with Crippen LogP contribution in [-0.2, 0) is 0 Å². The predicted octanol–water partition coefficient (Wildman–Crippen LogP) is 21.3. The summed E-state index contributed by atoms with van der Waals surface area (Å²) >= 11 is 0. The number of benzene rings is 11. The summed E-state index contributed by atoms with van der Waals surface area (Å²) in [6, 6.07) is 102. The first-order valence-corrected chi connectivity index (χ1v) is 31.1. The lowest BCUT2D eigenvalue weighted by molar-refractivity contribution is 1.17. The summed E-state index contributed by atoms with van der Waals surface area (Å²) in [7, 11) is 0. The Morgan fingerprint density at radius 3 is 1.01 bits per heavy atom. The van der Waals surface area contributed by atoms with Crippen molar-refractivity contribution in [3.8, 4) is 33.9 Å². The van der Waals surface area contributed by atoms with E-state index in [2.05, 4.69) is 314 Å². The van der Waals surface area contributed by atoms with Crippen LogP contribution in [0, 0.1) is 13.8 Å². The number of fused-ring (bicyclic) bond motifs is 16. The standard InChI is InChI=1S/C28H20N2.C22H16N2.2C17H12N2/c1-19-11-16-27-24(17-19)25-18-29-26-10-6-5-9-23(26)28(25)30(27)22-14-12-21(13-15-22)20-7-3-2-4-8-20;1-15-11-12-21-18(13-15)19-14-23-20-10-6-5-9-17(20)22(19)24(21)16-7-3-2-4-8-16;2*1-2-6-13(7-3-1)19-16-9-5-4-8-14(16)15-10-11-18-12-17(15)19/h2-18H,1H3;2-14H,1H3;2*1-12H. The summed E-state index contributed by atoms with van der Waals surface area (Å²) < 4.78 is 9.26. The van der Waals surface area contributed by atoms with Gasteiger partial charge >= 0.3 is 0 Å². The maximum absolute atomic E-state index is 4.74.